The lowest BCUT2D eigenvalue weighted by Crippen LogP contribution is -2.59. The largest absolute Gasteiger partial charge is 0.348 e. The van der Waals surface area contributed by atoms with Crippen LogP contribution in [0.25, 0.3) is 0 Å². The van der Waals surface area contributed by atoms with Crippen LogP contribution in [0.5, 0.6) is 0 Å². The van der Waals surface area contributed by atoms with Crippen LogP contribution >= 0.6 is 0 Å². The van der Waals surface area contributed by atoms with Gasteiger partial charge in [-0.1, -0.05) is 76.9 Å². The molecule has 4 rings (SSSR count). The van der Waals surface area contributed by atoms with Crippen LogP contribution in [0.4, 0.5) is 0 Å². The van der Waals surface area contributed by atoms with Gasteiger partial charge in [-0.15, -0.1) is 0 Å². The van der Waals surface area contributed by atoms with Gasteiger partial charge in [0.1, 0.15) is 24.2 Å². The average Bonchev–Trinajstić information content (AvgIpc) is 3.93. The van der Waals surface area contributed by atoms with Crippen molar-refractivity contribution in [1.29, 1.82) is 0 Å². The van der Waals surface area contributed by atoms with E-state index in [1.165, 1.54) is 12.7 Å². The third-order valence-electron chi connectivity index (χ3n) is 9.39. The van der Waals surface area contributed by atoms with Gasteiger partial charge in [0.25, 0.3) is 11.8 Å². The Labute approximate surface area is 319 Å². The first kappa shape index (κ1) is 41.4. The van der Waals surface area contributed by atoms with E-state index < -0.39 is 59.6 Å². The molecule has 2 unspecified atom stereocenters. The Morgan fingerprint density at radius 2 is 0.945 bits per heavy atom. The molecule has 0 aliphatic carbocycles. The van der Waals surface area contributed by atoms with Crippen LogP contribution in [0.3, 0.4) is 0 Å². The number of aromatic amines is 2. The number of hydrogen-bond donors (Lipinski definition) is 8. The number of amides is 6. The van der Waals surface area contributed by atoms with Crippen molar-refractivity contribution in [2.45, 2.75) is 77.5 Å². The van der Waals surface area contributed by atoms with Crippen LogP contribution in [0.15, 0.2) is 85.7 Å². The molecule has 2 heterocycles. The highest BCUT2D eigenvalue weighted by molar-refractivity contribution is 5.99. The molecule has 0 aliphatic heterocycles. The van der Waals surface area contributed by atoms with E-state index in [0.717, 1.165) is 0 Å². The third-order valence-corrected chi connectivity index (χ3v) is 9.39. The minimum Gasteiger partial charge on any atom is -0.348 e. The molecule has 55 heavy (non-hydrogen) atoms. The molecule has 6 amide bonds. The van der Waals surface area contributed by atoms with E-state index in [1.54, 1.807) is 86.9 Å². The summed E-state index contributed by atoms with van der Waals surface area (Å²) >= 11 is 0. The number of benzene rings is 2. The predicted molar refractivity (Wildman–Crippen MR) is 204 cm³/mol. The normalized spacial score (nSPS) is 14.2. The maximum Gasteiger partial charge on any atom is 0.251 e. The first-order chi connectivity index (χ1) is 26.5. The number of hydrogen-bond acceptors (Lipinski definition) is 8. The summed E-state index contributed by atoms with van der Waals surface area (Å²) in [5.41, 5.74) is 1.95. The highest BCUT2D eigenvalue weighted by atomic mass is 16.2. The molecular weight excluding hydrogens is 704 g/mol. The van der Waals surface area contributed by atoms with Crippen molar-refractivity contribution in [1.82, 2.24) is 51.8 Å². The van der Waals surface area contributed by atoms with Gasteiger partial charge in [0.15, 0.2) is 0 Å². The van der Waals surface area contributed by atoms with E-state index in [0.29, 0.717) is 35.4 Å². The lowest BCUT2D eigenvalue weighted by molar-refractivity contribution is -0.132. The maximum atomic E-state index is 13.7. The molecule has 0 bridgehead atoms. The summed E-state index contributed by atoms with van der Waals surface area (Å²) in [6.07, 6.45) is 7.29. The van der Waals surface area contributed by atoms with Crippen LogP contribution in [-0.4, -0.2) is 86.2 Å². The summed E-state index contributed by atoms with van der Waals surface area (Å²) in [5.74, 6) is -3.80. The van der Waals surface area contributed by atoms with Gasteiger partial charge >= 0.3 is 0 Å². The Bertz CT molecular complexity index is 1700. The van der Waals surface area contributed by atoms with Gasteiger partial charge < -0.3 is 41.9 Å². The molecule has 8 N–H and O–H groups in total. The second-order valence-electron chi connectivity index (χ2n) is 13.3. The van der Waals surface area contributed by atoms with Crippen molar-refractivity contribution in [2.24, 2.45) is 11.8 Å². The second kappa shape index (κ2) is 20.8. The highest BCUT2D eigenvalue weighted by Gasteiger charge is 2.32. The quantitative estimate of drug-likeness (QED) is 0.0619. The lowest BCUT2D eigenvalue weighted by Gasteiger charge is -2.28. The van der Waals surface area contributed by atoms with E-state index in [2.05, 4.69) is 51.8 Å². The van der Waals surface area contributed by atoms with Crippen molar-refractivity contribution in [3.63, 3.8) is 0 Å². The molecule has 16 heteroatoms. The number of imidazole rings is 2. The van der Waals surface area contributed by atoms with E-state index in [9.17, 15) is 28.8 Å². The van der Waals surface area contributed by atoms with E-state index in [1.807, 2.05) is 13.8 Å². The zero-order valence-electron chi connectivity index (χ0n) is 31.4. The van der Waals surface area contributed by atoms with Crippen LogP contribution < -0.4 is 31.9 Å². The molecule has 0 saturated carbocycles. The van der Waals surface area contributed by atoms with Crippen molar-refractivity contribution in [2.75, 3.05) is 6.67 Å². The zero-order valence-corrected chi connectivity index (χ0v) is 31.4. The fourth-order valence-electron chi connectivity index (χ4n) is 5.66. The molecule has 16 nitrogen and oxygen atoms in total. The first-order valence-electron chi connectivity index (χ1n) is 18.3. The SMILES string of the molecule is CCC(C)[C@H](NC(=O)[C@H](Cc1cnc[nH]1)NC(=O)c1ccccc1)C(=O)NCNC(=O)[C@H](NC(=O)[C@@H](Cc1cnc[nH]1)NC(=O)c1ccccc1)C(C)CC. The van der Waals surface area contributed by atoms with E-state index in [-0.39, 0.29) is 31.3 Å². The predicted octanol–water partition coefficient (Wildman–Crippen LogP) is 1.77. The van der Waals surface area contributed by atoms with E-state index >= 15 is 0 Å². The van der Waals surface area contributed by atoms with Crippen LogP contribution in [0.2, 0.25) is 0 Å². The third kappa shape index (κ3) is 12.4. The van der Waals surface area contributed by atoms with Crippen molar-refractivity contribution in [3.8, 4) is 0 Å². The van der Waals surface area contributed by atoms with Gasteiger partial charge in [0.2, 0.25) is 23.6 Å². The zero-order chi connectivity index (χ0) is 39.7. The van der Waals surface area contributed by atoms with Gasteiger partial charge in [0.05, 0.1) is 19.3 Å². The molecule has 2 aromatic carbocycles. The number of nitrogens with one attached hydrogen (secondary N) is 8. The lowest BCUT2D eigenvalue weighted by atomic mass is 9.97. The summed E-state index contributed by atoms with van der Waals surface area (Å²) in [4.78, 5) is 94.4. The summed E-state index contributed by atoms with van der Waals surface area (Å²) in [5, 5.41) is 16.5. The Balaban J connectivity index is 1.40. The summed E-state index contributed by atoms with van der Waals surface area (Å²) in [6.45, 7) is 7.06. The Morgan fingerprint density at radius 1 is 0.564 bits per heavy atom. The van der Waals surface area contributed by atoms with Gasteiger partial charge in [-0.05, 0) is 36.1 Å². The molecular formula is C39H50N10O6. The molecule has 2 aromatic heterocycles. The molecule has 292 valence electrons. The molecule has 0 radical (unpaired) electrons. The smallest absolute Gasteiger partial charge is 0.251 e. The first-order valence-corrected chi connectivity index (χ1v) is 18.3. The number of H-pyrrole nitrogens is 2. The maximum absolute atomic E-state index is 13.7. The fraction of sp³-hybridized carbons (Fsp3) is 0.385. The monoisotopic (exact) mass is 754 g/mol. The fourth-order valence-corrected chi connectivity index (χ4v) is 5.66. The number of carbonyl (C=O) groups excluding carboxylic acids is 6. The number of carbonyl (C=O) groups is 6. The minimum atomic E-state index is -1.04. The Kier molecular flexibility index (Phi) is 15.7. The summed E-state index contributed by atoms with van der Waals surface area (Å²) < 4.78 is 0. The highest BCUT2D eigenvalue weighted by Crippen LogP contribution is 2.12. The molecule has 6 atom stereocenters. The molecule has 4 aromatic rings. The standard InChI is InChI=1S/C39H50N10O6/c1-5-24(3)32(48-36(52)30(17-28-19-40-21-42-28)46-34(50)26-13-9-7-10-14-26)38(54)44-23-45-39(55)33(25(4)6-2)49-37(53)31(18-29-20-41-22-43-29)47-35(51)27-15-11-8-12-16-27/h7-16,19-22,24-25,30-33H,5-6,17-18,23H2,1-4H3,(H,40,42)(H,41,43)(H,44,54)(H,45,55)(H,46,50)(H,47,51)(H,48,52)(H,49,53)/t24?,25?,30-,31+,32-,33+. The number of rotatable bonds is 20. The Hall–Kier alpha value is -6.32. The van der Waals surface area contributed by atoms with Gasteiger partial charge in [-0.25, -0.2) is 9.97 Å². The van der Waals surface area contributed by atoms with Crippen LogP contribution in [0.1, 0.15) is 72.6 Å². The topological polar surface area (TPSA) is 232 Å². The Morgan fingerprint density at radius 3 is 1.27 bits per heavy atom. The van der Waals surface area contributed by atoms with Gasteiger partial charge in [-0.2, -0.15) is 0 Å². The molecule has 0 aliphatic rings. The van der Waals surface area contributed by atoms with Gasteiger partial charge in [0, 0.05) is 47.8 Å². The molecule has 0 spiro atoms. The average molecular weight is 755 g/mol. The number of nitrogens with zero attached hydrogens (tertiary/aromatic N) is 2. The van der Waals surface area contributed by atoms with Gasteiger partial charge in [-0.3, -0.25) is 28.8 Å². The molecule has 0 fully saturated rings. The number of aromatic nitrogens is 4. The van der Waals surface area contributed by atoms with Crippen molar-refractivity contribution in [3.05, 3.63) is 108 Å². The minimum absolute atomic E-state index is 0.0940. The van der Waals surface area contributed by atoms with Crippen molar-refractivity contribution < 1.29 is 28.8 Å². The van der Waals surface area contributed by atoms with Crippen molar-refractivity contribution >= 4 is 35.4 Å². The summed E-state index contributed by atoms with van der Waals surface area (Å²) in [7, 11) is 0. The summed E-state index contributed by atoms with van der Waals surface area (Å²) in [6, 6.07) is 12.8. The van der Waals surface area contributed by atoms with Crippen LogP contribution in [-0.2, 0) is 32.0 Å². The second-order valence-corrected chi connectivity index (χ2v) is 13.3. The van der Waals surface area contributed by atoms with Crippen LogP contribution in [0, 0.1) is 11.8 Å². The van der Waals surface area contributed by atoms with E-state index in [4.69, 9.17) is 0 Å². The molecule has 0 saturated heterocycles.